The van der Waals surface area contributed by atoms with Crippen molar-refractivity contribution in [2.24, 2.45) is 41.4 Å². The monoisotopic (exact) mass is 1220 g/mol. The van der Waals surface area contributed by atoms with Crippen molar-refractivity contribution < 1.29 is 60.0 Å². The summed E-state index contributed by atoms with van der Waals surface area (Å²) in [7, 11) is -3.13. The molecule has 502 valence electrons. The van der Waals surface area contributed by atoms with Crippen molar-refractivity contribution in [3.63, 3.8) is 0 Å². The molecule has 84 heavy (non-hydrogen) atoms. The highest BCUT2D eigenvalue weighted by Gasteiger charge is 2.60. The third-order valence-electron chi connectivity index (χ3n) is 17.8. The topological polar surface area (TPSA) is 144 Å². The largest absolute Gasteiger partial charge is 0.459 e. The van der Waals surface area contributed by atoms with Gasteiger partial charge in [-0.25, -0.2) is 0 Å². The highest BCUT2D eigenvalue weighted by atomic mass is 32.2. The Hall–Kier alpha value is -0.940. The summed E-state index contributed by atoms with van der Waals surface area (Å²) in [5.74, 6) is 4.87. The summed E-state index contributed by atoms with van der Waals surface area (Å²) >= 11 is 0. The molecule has 16 fully saturated rings. The predicted octanol–water partition coefficient (Wildman–Crippen LogP) is 17.9. The molecule has 14 unspecified atom stereocenters. The first kappa shape index (κ1) is 81.1. The summed E-state index contributed by atoms with van der Waals surface area (Å²) in [4.78, 5) is 11.0. The molecule has 0 amide bonds. The molecule has 0 aromatic rings. The second-order valence-electron chi connectivity index (χ2n) is 22.9. The van der Waals surface area contributed by atoms with Crippen LogP contribution in [0.2, 0.25) is 0 Å². The van der Waals surface area contributed by atoms with Crippen LogP contribution in [0.5, 0.6) is 0 Å². The summed E-state index contributed by atoms with van der Waals surface area (Å²) in [6.07, 6.45) is 36.9. The normalized spacial score (nSPS) is 35.0. The van der Waals surface area contributed by atoms with Gasteiger partial charge in [-0.05, 0) is 164 Å². The lowest BCUT2D eigenvalue weighted by Gasteiger charge is -2.35. The number of carbonyl (C=O) groups is 1. The lowest BCUT2D eigenvalue weighted by Crippen LogP contribution is -2.37. The molecule has 16 aliphatic rings. The van der Waals surface area contributed by atoms with Crippen LogP contribution in [0.4, 0.5) is 0 Å². The van der Waals surface area contributed by atoms with Crippen LogP contribution in [-0.2, 0) is 61.7 Å². The van der Waals surface area contributed by atoms with Crippen LogP contribution in [0, 0.1) is 41.4 Å². The van der Waals surface area contributed by atoms with Gasteiger partial charge in [0, 0.05) is 71.4 Å². The van der Waals surface area contributed by atoms with Gasteiger partial charge in [-0.2, -0.15) is 8.42 Å². The van der Waals surface area contributed by atoms with E-state index in [0.29, 0.717) is 30.1 Å². The maximum Gasteiger partial charge on any atom is 0.312 e. The second-order valence-corrected chi connectivity index (χ2v) is 24.7. The number of rotatable bonds is 0. The summed E-state index contributed by atoms with van der Waals surface area (Å²) in [5, 5.41) is -0.133. The van der Waals surface area contributed by atoms with Gasteiger partial charge in [-0.15, -0.1) is 0 Å². The van der Waals surface area contributed by atoms with E-state index in [9.17, 15) is 13.2 Å². The van der Waals surface area contributed by atoms with Gasteiger partial charge in [-0.1, -0.05) is 136 Å². The fourth-order valence-electron chi connectivity index (χ4n) is 14.3. The van der Waals surface area contributed by atoms with Crippen molar-refractivity contribution in [1.29, 1.82) is 0 Å². The zero-order valence-electron chi connectivity index (χ0n) is 57.7. The standard InChI is InChI=1S/C10H18O2.C8H12O.C7H10O3S.C7H8O3.C7H12O.C6H12O.C5H10O.C4H8O.8C2H6/c1-2-6-10(7-3-1)11-8-4-5-9-12-10;1-5-2-7-6(1)4-9-8(7)3-5;8-11(9)7-3-4-1-5(7)6(2-4)10-11;8-7-4-1-3-2-5(10-7)6(4)9-3;1-2-6-4-7(3-1)8-5-6;1-2-4-6-7-5-3-1;1-2-4-6-5-3-1;1-2-4-5-3-1;8*1-2/h1-9H2;5-8H,1-4H2;4-7H,1-3H2;3-6H,1-2H2;6-7H,1-5H2;1-6H2;1-5H2;1-4H2;8*1-2H3. The van der Waals surface area contributed by atoms with Crippen LogP contribution in [0.3, 0.4) is 0 Å². The molecule has 1 spiro atoms. The van der Waals surface area contributed by atoms with E-state index in [1.807, 2.05) is 111 Å². The summed E-state index contributed by atoms with van der Waals surface area (Å²) in [6, 6.07) is 0. The van der Waals surface area contributed by atoms with Gasteiger partial charge in [0.2, 0.25) is 0 Å². The van der Waals surface area contributed by atoms with Crippen molar-refractivity contribution in [1.82, 2.24) is 0 Å². The molecule has 10 aliphatic heterocycles. The molecule has 0 aromatic carbocycles. The molecule has 0 radical (unpaired) electrons. The third kappa shape index (κ3) is 27.7. The van der Waals surface area contributed by atoms with Gasteiger partial charge < -0.3 is 42.6 Å². The fraction of sp³-hybridized carbons (Fsp3) is 0.986. The van der Waals surface area contributed by atoms with E-state index in [1.54, 1.807) is 0 Å². The van der Waals surface area contributed by atoms with E-state index < -0.39 is 10.1 Å². The Morgan fingerprint density at radius 1 is 0.405 bits per heavy atom. The van der Waals surface area contributed by atoms with Crippen LogP contribution in [0.15, 0.2) is 0 Å². The van der Waals surface area contributed by atoms with Crippen molar-refractivity contribution in [3.05, 3.63) is 0 Å². The molecule has 0 N–H and O–H groups in total. The van der Waals surface area contributed by atoms with Gasteiger partial charge in [0.25, 0.3) is 10.1 Å². The summed E-state index contributed by atoms with van der Waals surface area (Å²) in [5.41, 5.74) is 0. The number of carbonyl (C=O) groups excluding carboxylic acids is 1. The number of hydrogen-bond acceptors (Lipinski definition) is 13. The van der Waals surface area contributed by atoms with E-state index in [1.165, 1.54) is 135 Å². The van der Waals surface area contributed by atoms with Gasteiger partial charge in [0.1, 0.15) is 12.2 Å². The Morgan fingerprint density at radius 3 is 1.31 bits per heavy atom. The third-order valence-corrected chi connectivity index (χ3v) is 19.6. The molecule has 0 aromatic heterocycles. The Morgan fingerprint density at radius 2 is 0.893 bits per heavy atom. The number of fused-ring (bicyclic) bond motifs is 5. The number of ether oxygens (including phenoxy) is 9. The van der Waals surface area contributed by atoms with Crippen molar-refractivity contribution in [3.8, 4) is 0 Å². The molecule has 10 saturated heterocycles. The summed E-state index contributed by atoms with van der Waals surface area (Å²) < 4.78 is 76.0. The SMILES string of the molecule is C1CC2COC(C1)C2.C1CCC2(CC1)OCCCCO2.C1CCCOCC1.C1CCOC1.C1CCOCC1.C1OC2CC3CC1C2C3.CC.CC.CC.CC.CC.CC.CC.CC.O=C1OC2CC3CC1C2O3.O=S1(=O)OC2CC3CC2C1C3. The smallest absolute Gasteiger partial charge is 0.312 e. The first-order valence-corrected chi connectivity index (χ1v) is 37.8. The zero-order chi connectivity index (χ0) is 62.6. The highest BCUT2D eigenvalue weighted by Crippen LogP contribution is 2.55. The van der Waals surface area contributed by atoms with Gasteiger partial charge in [0.15, 0.2) is 5.79 Å². The number of hydrogen-bond donors (Lipinski definition) is 0. The highest BCUT2D eigenvalue weighted by molar-refractivity contribution is 7.87. The van der Waals surface area contributed by atoms with Gasteiger partial charge in [-0.3, -0.25) is 8.98 Å². The van der Waals surface area contributed by atoms with Crippen molar-refractivity contribution in [2.45, 2.75) is 338 Å². The van der Waals surface area contributed by atoms with Crippen LogP contribution in [0.25, 0.3) is 0 Å². The summed E-state index contributed by atoms with van der Waals surface area (Å²) in [6.45, 7) is 42.0. The predicted molar refractivity (Wildman–Crippen MR) is 347 cm³/mol. The first-order chi connectivity index (χ1) is 41.3. The molecule has 8 bridgehead atoms. The molecule has 13 nitrogen and oxygen atoms in total. The Bertz CT molecular complexity index is 1540. The molecule has 6 saturated carbocycles. The molecular weight excluding hydrogens is 1080 g/mol. The van der Waals surface area contributed by atoms with Crippen LogP contribution in [-0.4, -0.2) is 128 Å². The molecule has 10 heterocycles. The lowest BCUT2D eigenvalue weighted by atomic mass is 9.90. The minimum absolute atomic E-state index is 0.0324. The molecule has 6 aliphatic carbocycles. The average molecular weight is 1220 g/mol. The Labute approximate surface area is 519 Å². The van der Waals surface area contributed by atoms with Crippen LogP contribution < -0.4 is 0 Å². The number of esters is 1. The fourth-order valence-corrected chi connectivity index (χ4v) is 16.2. The van der Waals surface area contributed by atoms with E-state index >= 15 is 0 Å². The van der Waals surface area contributed by atoms with E-state index in [2.05, 4.69) is 0 Å². The molecule has 14 heteroatoms. The molecule has 14 atom stereocenters. The minimum atomic E-state index is -3.13. The van der Waals surface area contributed by atoms with E-state index in [4.69, 9.17) is 46.8 Å². The zero-order valence-corrected chi connectivity index (χ0v) is 58.5. The first-order valence-electron chi connectivity index (χ1n) is 36.3. The van der Waals surface area contributed by atoms with Crippen LogP contribution >= 0.6 is 0 Å². The Kier molecular flexibility index (Phi) is 48.1. The maximum absolute atomic E-state index is 11.3. The van der Waals surface area contributed by atoms with Crippen LogP contribution in [0.1, 0.15) is 291 Å². The molecule has 16 rings (SSSR count). The minimum Gasteiger partial charge on any atom is -0.459 e. The van der Waals surface area contributed by atoms with E-state index in [0.717, 1.165) is 135 Å². The lowest BCUT2D eigenvalue weighted by molar-refractivity contribution is -0.240. The van der Waals surface area contributed by atoms with E-state index in [-0.39, 0.29) is 41.2 Å². The van der Waals surface area contributed by atoms with Crippen molar-refractivity contribution in [2.75, 3.05) is 66.1 Å². The van der Waals surface area contributed by atoms with Gasteiger partial charge >= 0.3 is 5.97 Å². The quantitative estimate of drug-likeness (QED) is 0.168. The van der Waals surface area contributed by atoms with Crippen molar-refractivity contribution >= 4 is 16.1 Å². The Balaban J connectivity index is 0.000000468. The maximum atomic E-state index is 11.3. The average Bonchev–Trinajstić information content (AvgIpc) is 2.41. The molecular formula is C70H138O13S. The van der Waals surface area contributed by atoms with Gasteiger partial charge in [0.05, 0.1) is 55.4 Å². The second kappa shape index (κ2) is 49.8.